The van der Waals surface area contributed by atoms with Crippen molar-refractivity contribution in [2.75, 3.05) is 19.7 Å². The van der Waals surface area contributed by atoms with Crippen molar-refractivity contribution in [2.45, 2.75) is 52.1 Å². The Morgan fingerprint density at radius 1 is 1.33 bits per heavy atom. The minimum Gasteiger partial charge on any atom is -0.493 e. The fourth-order valence-electron chi connectivity index (χ4n) is 2.68. The van der Waals surface area contributed by atoms with Crippen LogP contribution < -0.4 is 10.1 Å². The fraction of sp³-hybridized carbons (Fsp3) is 0.667. The van der Waals surface area contributed by atoms with Gasteiger partial charge in [-0.05, 0) is 62.4 Å². The van der Waals surface area contributed by atoms with Crippen molar-refractivity contribution in [3.8, 4) is 5.75 Å². The highest BCUT2D eigenvalue weighted by Gasteiger charge is 2.20. The standard InChI is InChI=1S/C18H29NO2/c1-14(2)13-19-10-9-18(3,20)8-6-15-4-5-17-16(12-15)7-11-21-17/h4-5,12,14,19-20H,6-11,13H2,1-3H3. The predicted molar refractivity (Wildman–Crippen MR) is 86.9 cm³/mol. The van der Waals surface area contributed by atoms with Gasteiger partial charge in [-0.2, -0.15) is 0 Å². The number of rotatable bonds is 8. The molecule has 0 radical (unpaired) electrons. The molecule has 0 bridgehead atoms. The molecule has 1 atom stereocenters. The van der Waals surface area contributed by atoms with Gasteiger partial charge in [0.05, 0.1) is 12.2 Å². The van der Waals surface area contributed by atoms with Crippen LogP contribution in [0.1, 0.15) is 44.7 Å². The smallest absolute Gasteiger partial charge is 0.122 e. The van der Waals surface area contributed by atoms with E-state index in [4.69, 9.17) is 4.74 Å². The van der Waals surface area contributed by atoms with Gasteiger partial charge in [0, 0.05) is 6.42 Å². The van der Waals surface area contributed by atoms with Gasteiger partial charge in [0.2, 0.25) is 0 Å². The monoisotopic (exact) mass is 291 g/mol. The van der Waals surface area contributed by atoms with Crippen molar-refractivity contribution >= 4 is 0 Å². The number of fused-ring (bicyclic) bond motifs is 1. The van der Waals surface area contributed by atoms with Gasteiger partial charge in [-0.15, -0.1) is 0 Å². The first kappa shape index (κ1) is 16.3. The molecule has 0 amide bonds. The molecule has 1 aliphatic heterocycles. The third-order valence-electron chi connectivity index (χ3n) is 4.10. The molecule has 3 heteroatoms. The van der Waals surface area contributed by atoms with Gasteiger partial charge in [-0.1, -0.05) is 26.0 Å². The molecule has 2 N–H and O–H groups in total. The molecule has 1 aromatic carbocycles. The maximum absolute atomic E-state index is 10.5. The molecule has 0 aromatic heterocycles. The predicted octanol–water partition coefficient (Wildman–Crippen LogP) is 2.94. The third-order valence-corrected chi connectivity index (χ3v) is 4.10. The zero-order valence-electron chi connectivity index (χ0n) is 13.6. The molecule has 2 rings (SSSR count). The van der Waals surface area contributed by atoms with E-state index in [1.165, 1.54) is 11.1 Å². The maximum atomic E-state index is 10.5. The molecular weight excluding hydrogens is 262 g/mol. The van der Waals surface area contributed by atoms with Crippen LogP contribution in [0.3, 0.4) is 0 Å². The Kier molecular flexibility index (Phi) is 5.65. The number of ether oxygens (including phenoxy) is 1. The quantitative estimate of drug-likeness (QED) is 0.724. The van der Waals surface area contributed by atoms with Gasteiger partial charge < -0.3 is 15.2 Å². The van der Waals surface area contributed by atoms with Crippen molar-refractivity contribution < 1.29 is 9.84 Å². The van der Waals surface area contributed by atoms with E-state index >= 15 is 0 Å². The van der Waals surface area contributed by atoms with Crippen molar-refractivity contribution in [1.29, 1.82) is 0 Å². The van der Waals surface area contributed by atoms with Crippen LogP contribution in [0.25, 0.3) is 0 Å². The molecule has 3 nitrogen and oxygen atoms in total. The average molecular weight is 291 g/mol. The molecular formula is C18H29NO2. The summed E-state index contributed by atoms with van der Waals surface area (Å²) in [6.07, 6.45) is 3.53. The second-order valence-electron chi connectivity index (χ2n) is 6.89. The van der Waals surface area contributed by atoms with Crippen LogP contribution in [0, 0.1) is 5.92 Å². The highest BCUT2D eigenvalue weighted by atomic mass is 16.5. The van der Waals surface area contributed by atoms with Crippen LogP contribution in [0.5, 0.6) is 5.75 Å². The molecule has 21 heavy (non-hydrogen) atoms. The number of aliphatic hydroxyl groups is 1. The van der Waals surface area contributed by atoms with Crippen LogP contribution in [0.2, 0.25) is 0 Å². The van der Waals surface area contributed by atoms with Gasteiger partial charge in [0.15, 0.2) is 0 Å². The van der Waals surface area contributed by atoms with Crippen LogP contribution in [-0.4, -0.2) is 30.4 Å². The van der Waals surface area contributed by atoms with E-state index in [0.29, 0.717) is 5.92 Å². The Morgan fingerprint density at radius 2 is 2.14 bits per heavy atom. The summed E-state index contributed by atoms with van der Waals surface area (Å²) in [6.45, 7) is 9.04. The number of nitrogens with one attached hydrogen (secondary N) is 1. The Labute approximate surface area is 128 Å². The first-order valence-corrected chi connectivity index (χ1v) is 8.14. The average Bonchev–Trinajstić information content (AvgIpc) is 2.89. The first-order chi connectivity index (χ1) is 9.96. The van der Waals surface area contributed by atoms with Crippen LogP contribution in [0.4, 0.5) is 0 Å². The molecule has 1 heterocycles. The van der Waals surface area contributed by atoms with Gasteiger partial charge in [-0.25, -0.2) is 0 Å². The molecule has 1 aromatic rings. The summed E-state index contributed by atoms with van der Waals surface area (Å²) in [5.41, 5.74) is 2.01. The summed E-state index contributed by atoms with van der Waals surface area (Å²) in [7, 11) is 0. The van der Waals surface area contributed by atoms with Gasteiger partial charge in [0.25, 0.3) is 0 Å². The van der Waals surface area contributed by atoms with E-state index in [0.717, 1.165) is 51.1 Å². The maximum Gasteiger partial charge on any atom is 0.122 e. The largest absolute Gasteiger partial charge is 0.493 e. The van der Waals surface area contributed by atoms with Crippen molar-refractivity contribution in [3.63, 3.8) is 0 Å². The number of benzene rings is 1. The number of aryl methyl sites for hydroxylation is 1. The molecule has 0 saturated carbocycles. The lowest BCUT2D eigenvalue weighted by atomic mass is 9.93. The van der Waals surface area contributed by atoms with E-state index in [-0.39, 0.29) is 0 Å². The topological polar surface area (TPSA) is 41.5 Å². The molecule has 0 aliphatic carbocycles. The summed E-state index contributed by atoms with van der Waals surface area (Å²) in [5, 5.41) is 13.9. The van der Waals surface area contributed by atoms with Crippen molar-refractivity contribution in [1.82, 2.24) is 5.32 Å². The Bertz CT molecular complexity index is 455. The van der Waals surface area contributed by atoms with Crippen LogP contribution in [-0.2, 0) is 12.8 Å². The summed E-state index contributed by atoms with van der Waals surface area (Å²) < 4.78 is 5.53. The van der Waals surface area contributed by atoms with Gasteiger partial charge in [-0.3, -0.25) is 0 Å². The van der Waals surface area contributed by atoms with E-state index in [1.807, 2.05) is 6.92 Å². The van der Waals surface area contributed by atoms with Crippen molar-refractivity contribution in [3.05, 3.63) is 29.3 Å². The minimum absolute atomic E-state index is 0.598. The van der Waals surface area contributed by atoms with E-state index in [9.17, 15) is 5.11 Å². The Hall–Kier alpha value is -1.06. The summed E-state index contributed by atoms with van der Waals surface area (Å²) in [6, 6.07) is 6.42. The molecule has 1 aliphatic rings. The highest BCUT2D eigenvalue weighted by Crippen LogP contribution is 2.27. The number of hydrogen-bond donors (Lipinski definition) is 2. The lowest BCUT2D eigenvalue weighted by molar-refractivity contribution is 0.0424. The molecule has 0 saturated heterocycles. The van der Waals surface area contributed by atoms with Crippen molar-refractivity contribution in [2.24, 2.45) is 5.92 Å². The van der Waals surface area contributed by atoms with Crippen LogP contribution >= 0.6 is 0 Å². The van der Waals surface area contributed by atoms with Gasteiger partial charge >= 0.3 is 0 Å². The summed E-state index contributed by atoms with van der Waals surface area (Å²) >= 11 is 0. The molecule has 1 unspecified atom stereocenters. The summed E-state index contributed by atoms with van der Waals surface area (Å²) in [4.78, 5) is 0. The zero-order chi connectivity index (χ0) is 15.3. The number of hydrogen-bond acceptors (Lipinski definition) is 3. The Morgan fingerprint density at radius 3 is 2.90 bits per heavy atom. The minimum atomic E-state index is -0.598. The highest BCUT2D eigenvalue weighted by molar-refractivity contribution is 5.39. The second kappa shape index (κ2) is 7.28. The third kappa shape index (κ3) is 5.33. The second-order valence-corrected chi connectivity index (χ2v) is 6.89. The lowest BCUT2D eigenvalue weighted by Gasteiger charge is -2.24. The summed E-state index contributed by atoms with van der Waals surface area (Å²) in [5.74, 6) is 1.69. The van der Waals surface area contributed by atoms with Gasteiger partial charge in [0.1, 0.15) is 5.75 Å². The molecule has 0 fully saturated rings. The van der Waals surface area contributed by atoms with Crippen LogP contribution in [0.15, 0.2) is 18.2 Å². The first-order valence-electron chi connectivity index (χ1n) is 8.14. The van der Waals surface area contributed by atoms with E-state index in [1.54, 1.807) is 0 Å². The Balaban J connectivity index is 1.75. The lowest BCUT2D eigenvalue weighted by Crippen LogP contribution is -2.31. The fourth-order valence-corrected chi connectivity index (χ4v) is 2.68. The zero-order valence-corrected chi connectivity index (χ0v) is 13.6. The van der Waals surface area contributed by atoms with E-state index in [2.05, 4.69) is 37.4 Å². The normalized spacial score (nSPS) is 16.6. The molecule has 0 spiro atoms. The SMILES string of the molecule is CC(C)CNCCC(C)(O)CCc1ccc2c(c1)CCO2. The van der Waals surface area contributed by atoms with E-state index < -0.39 is 5.60 Å². The molecule has 118 valence electrons.